The Labute approximate surface area is 122 Å². The Morgan fingerprint density at radius 2 is 1.90 bits per heavy atom. The van der Waals surface area contributed by atoms with Crippen LogP contribution >= 0.6 is 0 Å². The standard InChI is InChI=1S/C17H16FN3/c1-11-6-7-14-13(16(11)19)8-9-20-17(14)21-10-12-4-2-3-5-15(12)18/h2-9H,10,19H2,1H3,(H,20,21). The molecule has 0 aliphatic carbocycles. The van der Waals surface area contributed by atoms with Crippen molar-refractivity contribution in [3.05, 3.63) is 65.6 Å². The number of benzene rings is 2. The maximum absolute atomic E-state index is 13.6. The van der Waals surface area contributed by atoms with E-state index in [1.165, 1.54) is 6.07 Å². The number of hydrogen-bond acceptors (Lipinski definition) is 3. The molecule has 0 unspecified atom stereocenters. The number of aromatic nitrogens is 1. The van der Waals surface area contributed by atoms with E-state index < -0.39 is 0 Å². The first-order valence-corrected chi connectivity index (χ1v) is 6.78. The third-order valence-corrected chi connectivity index (χ3v) is 3.61. The van der Waals surface area contributed by atoms with E-state index >= 15 is 0 Å². The molecule has 0 amide bonds. The van der Waals surface area contributed by atoms with Crippen LogP contribution in [0.2, 0.25) is 0 Å². The van der Waals surface area contributed by atoms with Gasteiger partial charge in [-0.3, -0.25) is 0 Å². The van der Waals surface area contributed by atoms with E-state index in [0.717, 1.165) is 22.0 Å². The number of nitrogen functional groups attached to an aromatic ring is 1. The smallest absolute Gasteiger partial charge is 0.134 e. The minimum atomic E-state index is -0.222. The number of nitrogens with zero attached hydrogens (tertiary/aromatic N) is 1. The molecule has 0 aliphatic rings. The van der Waals surface area contributed by atoms with Crippen LogP contribution in [0.3, 0.4) is 0 Å². The number of nitrogens with two attached hydrogens (primary N) is 1. The molecule has 3 nitrogen and oxygen atoms in total. The Morgan fingerprint density at radius 1 is 1.10 bits per heavy atom. The summed E-state index contributed by atoms with van der Waals surface area (Å²) in [4.78, 5) is 4.33. The fourth-order valence-corrected chi connectivity index (χ4v) is 2.35. The number of halogens is 1. The maximum atomic E-state index is 13.6. The highest BCUT2D eigenvalue weighted by Crippen LogP contribution is 2.28. The minimum absolute atomic E-state index is 0.222. The number of aryl methyl sites for hydroxylation is 1. The van der Waals surface area contributed by atoms with Gasteiger partial charge in [0.25, 0.3) is 0 Å². The molecule has 0 saturated carbocycles. The van der Waals surface area contributed by atoms with Crippen molar-refractivity contribution in [2.24, 2.45) is 0 Å². The Morgan fingerprint density at radius 3 is 2.71 bits per heavy atom. The van der Waals surface area contributed by atoms with E-state index in [4.69, 9.17) is 5.73 Å². The van der Waals surface area contributed by atoms with Gasteiger partial charge in [0, 0.05) is 34.8 Å². The minimum Gasteiger partial charge on any atom is -0.398 e. The molecule has 3 rings (SSSR count). The van der Waals surface area contributed by atoms with Gasteiger partial charge < -0.3 is 11.1 Å². The molecule has 1 aromatic heterocycles. The van der Waals surface area contributed by atoms with Crippen molar-refractivity contribution in [1.29, 1.82) is 0 Å². The number of anilines is 2. The second kappa shape index (κ2) is 5.40. The predicted molar refractivity (Wildman–Crippen MR) is 84.6 cm³/mol. The molecule has 3 aromatic rings. The predicted octanol–water partition coefficient (Wildman–Crippen LogP) is 3.88. The monoisotopic (exact) mass is 281 g/mol. The van der Waals surface area contributed by atoms with Gasteiger partial charge in [0.2, 0.25) is 0 Å². The van der Waals surface area contributed by atoms with Crippen molar-refractivity contribution in [3.63, 3.8) is 0 Å². The van der Waals surface area contributed by atoms with Gasteiger partial charge in [-0.25, -0.2) is 9.37 Å². The summed E-state index contributed by atoms with van der Waals surface area (Å²) in [7, 11) is 0. The number of rotatable bonds is 3. The van der Waals surface area contributed by atoms with Crippen molar-refractivity contribution >= 4 is 22.3 Å². The van der Waals surface area contributed by atoms with Crippen molar-refractivity contribution < 1.29 is 4.39 Å². The molecule has 0 fully saturated rings. The Hall–Kier alpha value is -2.62. The SMILES string of the molecule is Cc1ccc2c(NCc3ccccc3F)nccc2c1N. The average Bonchev–Trinajstić information content (AvgIpc) is 2.50. The summed E-state index contributed by atoms with van der Waals surface area (Å²) in [6, 6.07) is 12.6. The lowest BCUT2D eigenvalue weighted by Crippen LogP contribution is -2.04. The molecular weight excluding hydrogens is 265 g/mol. The number of hydrogen-bond donors (Lipinski definition) is 2. The average molecular weight is 281 g/mol. The van der Waals surface area contributed by atoms with E-state index in [2.05, 4.69) is 10.3 Å². The first kappa shape index (κ1) is 13.4. The zero-order chi connectivity index (χ0) is 14.8. The van der Waals surface area contributed by atoms with Crippen molar-refractivity contribution in [2.45, 2.75) is 13.5 Å². The second-order valence-corrected chi connectivity index (χ2v) is 5.00. The fraction of sp³-hybridized carbons (Fsp3) is 0.118. The summed E-state index contributed by atoms with van der Waals surface area (Å²) in [5.41, 5.74) is 8.50. The molecule has 1 heterocycles. The Balaban J connectivity index is 1.95. The van der Waals surface area contributed by atoms with Gasteiger partial charge in [0.05, 0.1) is 0 Å². The fourth-order valence-electron chi connectivity index (χ4n) is 2.35. The molecule has 0 radical (unpaired) electrons. The quantitative estimate of drug-likeness (QED) is 0.716. The summed E-state index contributed by atoms with van der Waals surface area (Å²) < 4.78 is 13.6. The van der Waals surface area contributed by atoms with Gasteiger partial charge in [-0.2, -0.15) is 0 Å². The lowest BCUT2D eigenvalue weighted by molar-refractivity contribution is 0.613. The summed E-state index contributed by atoms with van der Waals surface area (Å²) in [5.74, 6) is 0.489. The van der Waals surface area contributed by atoms with Gasteiger partial charge in [-0.1, -0.05) is 30.3 Å². The summed E-state index contributed by atoms with van der Waals surface area (Å²) in [6.07, 6.45) is 1.71. The molecule has 21 heavy (non-hydrogen) atoms. The van der Waals surface area contributed by atoms with Gasteiger partial charge in [0.1, 0.15) is 11.6 Å². The third kappa shape index (κ3) is 2.52. The van der Waals surface area contributed by atoms with Crippen LogP contribution in [0.15, 0.2) is 48.7 Å². The van der Waals surface area contributed by atoms with Crippen LogP contribution in [0.4, 0.5) is 15.9 Å². The highest BCUT2D eigenvalue weighted by molar-refractivity contribution is 6.00. The highest BCUT2D eigenvalue weighted by atomic mass is 19.1. The van der Waals surface area contributed by atoms with E-state index in [9.17, 15) is 4.39 Å². The van der Waals surface area contributed by atoms with Gasteiger partial charge in [0.15, 0.2) is 0 Å². The zero-order valence-electron chi connectivity index (χ0n) is 11.7. The number of nitrogens with one attached hydrogen (secondary N) is 1. The zero-order valence-corrected chi connectivity index (χ0v) is 11.7. The number of fused-ring (bicyclic) bond motifs is 1. The molecule has 0 spiro atoms. The van der Waals surface area contributed by atoms with Crippen LogP contribution in [-0.4, -0.2) is 4.98 Å². The molecule has 0 bridgehead atoms. The largest absolute Gasteiger partial charge is 0.398 e. The summed E-state index contributed by atoms with van der Waals surface area (Å²) in [5, 5.41) is 5.09. The van der Waals surface area contributed by atoms with Crippen molar-refractivity contribution in [2.75, 3.05) is 11.1 Å². The van der Waals surface area contributed by atoms with Crippen molar-refractivity contribution in [1.82, 2.24) is 4.98 Å². The molecule has 0 saturated heterocycles. The van der Waals surface area contributed by atoms with Crippen molar-refractivity contribution in [3.8, 4) is 0 Å². The van der Waals surface area contributed by atoms with Gasteiger partial charge in [-0.15, -0.1) is 0 Å². The van der Waals surface area contributed by atoms with Crippen LogP contribution in [-0.2, 0) is 6.54 Å². The number of pyridine rings is 1. The molecular formula is C17H16FN3. The molecule has 0 aliphatic heterocycles. The molecule has 2 aromatic carbocycles. The third-order valence-electron chi connectivity index (χ3n) is 3.61. The van der Waals surface area contributed by atoms with Crippen LogP contribution < -0.4 is 11.1 Å². The van der Waals surface area contributed by atoms with E-state index in [0.29, 0.717) is 17.9 Å². The lowest BCUT2D eigenvalue weighted by atomic mass is 10.1. The Kier molecular flexibility index (Phi) is 3.44. The second-order valence-electron chi connectivity index (χ2n) is 5.00. The van der Waals surface area contributed by atoms with Crippen LogP contribution in [0.5, 0.6) is 0 Å². The molecule has 4 heteroatoms. The summed E-state index contributed by atoms with van der Waals surface area (Å²) >= 11 is 0. The first-order valence-electron chi connectivity index (χ1n) is 6.78. The maximum Gasteiger partial charge on any atom is 0.134 e. The first-order chi connectivity index (χ1) is 10.2. The van der Waals surface area contributed by atoms with Crippen LogP contribution in [0, 0.1) is 12.7 Å². The Bertz CT molecular complexity index is 799. The van der Waals surface area contributed by atoms with Crippen LogP contribution in [0.25, 0.3) is 10.8 Å². The molecule has 0 atom stereocenters. The highest BCUT2D eigenvalue weighted by Gasteiger charge is 2.07. The normalized spacial score (nSPS) is 10.8. The van der Waals surface area contributed by atoms with Gasteiger partial charge in [-0.05, 0) is 24.6 Å². The van der Waals surface area contributed by atoms with E-state index in [1.807, 2.05) is 31.2 Å². The lowest BCUT2D eigenvalue weighted by Gasteiger charge is -2.11. The summed E-state index contributed by atoms with van der Waals surface area (Å²) in [6.45, 7) is 2.36. The van der Waals surface area contributed by atoms with Gasteiger partial charge >= 0.3 is 0 Å². The van der Waals surface area contributed by atoms with E-state index in [-0.39, 0.29) is 5.82 Å². The molecule has 3 N–H and O–H groups in total. The molecule has 106 valence electrons. The topological polar surface area (TPSA) is 50.9 Å². The van der Waals surface area contributed by atoms with Crippen LogP contribution in [0.1, 0.15) is 11.1 Å². The van der Waals surface area contributed by atoms with E-state index in [1.54, 1.807) is 18.3 Å².